The zero-order chi connectivity index (χ0) is 21.6. The largest absolute Gasteiger partial charge is 0.368 e. The normalized spacial score (nSPS) is 14.2. The quantitative estimate of drug-likeness (QED) is 0.678. The van der Waals surface area contributed by atoms with E-state index in [2.05, 4.69) is 35.4 Å². The molecule has 158 valence electrons. The minimum absolute atomic E-state index is 0.101. The summed E-state index contributed by atoms with van der Waals surface area (Å²) in [4.78, 5) is 18.4. The smallest absolute Gasteiger partial charge is 0.254 e. The van der Waals surface area contributed by atoms with Gasteiger partial charge in [0.05, 0.1) is 4.90 Å². The van der Waals surface area contributed by atoms with Gasteiger partial charge in [-0.2, -0.15) is 0 Å². The van der Waals surface area contributed by atoms with Gasteiger partial charge in [0, 0.05) is 48.6 Å². The zero-order valence-corrected chi connectivity index (χ0v) is 19.4. The van der Waals surface area contributed by atoms with Crippen molar-refractivity contribution in [3.8, 4) is 0 Å². The molecule has 1 amide bonds. The second-order valence-electron chi connectivity index (χ2n) is 6.73. The molecule has 2 aromatic rings. The second-order valence-corrected chi connectivity index (χ2v) is 9.62. The second kappa shape index (κ2) is 10.2. The maximum Gasteiger partial charge on any atom is 0.254 e. The van der Waals surface area contributed by atoms with Crippen LogP contribution in [0.5, 0.6) is 0 Å². The van der Waals surface area contributed by atoms with Gasteiger partial charge in [-0.05, 0) is 55.1 Å². The molecule has 0 aliphatic carbocycles. The van der Waals surface area contributed by atoms with E-state index in [0.717, 1.165) is 30.6 Å². The van der Waals surface area contributed by atoms with E-state index in [1.165, 1.54) is 11.0 Å². The minimum Gasteiger partial charge on any atom is -0.368 e. The molecule has 5 nitrogen and oxygen atoms in total. The van der Waals surface area contributed by atoms with Crippen molar-refractivity contribution in [3.63, 3.8) is 0 Å². The number of rotatable bonds is 4. The van der Waals surface area contributed by atoms with Crippen molar-refractivity contribution in [1.29, 1.82) is 0 Å². The van der Waals surface area contributed by atoms with E-state index in [-0.39, 0.29) is 10.8 Å². The summed E-state index contributed by atoms with van der Waals surface area (Å²) in [6.45, 7) is 8.59. The number of amides is 1. The third-order valence-corrected chi connectivity index (χ3v) is 6.73. The Morgan fingerprint density at radius 2 is 1.55 bits per heavy atom. The van der Waals surface area contributed by atoms with Crippen LogP contribution in [0.4, 0.5) is 5.69 Å². The Balaban J connectivity index is 0.00000145. The van der Waals surface area contributed by atoms with Gasteiger partial charge >= 0.3 is 0 Å². The number of thioether (sulfide) groups is 1. The lowest BCUT2D eigenvalue weighted by Crippen LogP contribution is -2.49. The molecule has 0 spiro atoms. The lowest BCUT2D eigenvalue weighted by molar-refractivity contribution is 0.0746. The molecule has 1 saturated heterocycles. The Morgan fingerprint density at radius 1 is 0.966 bits per heavy atom. The first kappa shape index (κ1) is 23.3. The first-order chi connectivity index (χ1) is 13.8. The third-order valence-electron chi connectivity index (χ3n) is 4.87. The lowest BCUT2D eigenvalue weighted by Gasteiger charge is -2.36. The molecule has 29 heavy (non-hydrogen) atoms. The number of nitrogens with zero attached hydrogens (tertiary/aromatic N) is 2. The molecule has 0 atom stereocenters. The molecule has 1 heterocycles. The van der Waals surface area contributed by atoms with E-state index in [9.17, 15) is 13.2 Å². The summed E-state index contributed by atoms with van der Waals surface area (Å²) in [6, 6.07) is 13.2. The van der Waals surface area contributed by atoms with Gasteiger partial charge in [-0.25, -0.2) is 8.42 Å². The Kier molecular flexibility index (Phi) is 8.16. The lowest BCUT2D eigenvalue weighted by atomic mass is 10.1. The van der Waals surface area contributed by atoms with Gasteiger partial charge in [0.2, 0.25) is 0 Å². The molecular weight excluding hydrogens is 404 g/mol. The van der Waals surface area contributed by atoms with Crippen molar-refractivity contribution >= 4 is 33.2 Å². The van der Waals surface area contributed by atoms with Crippen molar-refractivity contribution in [2.75, 3.05) is 43.6 Å². The van der Waals surface area contributed by atoms with Gasteiger partial charge in [0.1, 0.15) is 0 Å². The maximum atomic E-state index is 12.9. The van der Waals surface area contributed by atoms with Crippen LogP contribution in [0.2, 0.25) is 0 Å². The molecule has 1 aliphatic rings. The Morgan fingerprint density at radius 3 is 2.07 bits per heavy atom. The number of hydrogen-bond donors (Lipinski definition) is 0. The van der Waals surface area contributed by atoms with E-state index in [0.29, 0.717) is 18.7 Å². The summed E-state index contributed by atoms with van der Waals surface area (Å²) in [5.41, 5.74) is 2.42. The Hall–Kier alpha value is -1.99. The van der Waals surface area contributed by atoms with Crippen molar-refractivity contribution in [1.82, 2.24) is 4.90 Å². The van der Waals surface area contributed by atoms with Gasteiger partial charge in [0.15, 0.2) is 9.84 Å². The topological polar surface area (TPSA) is 57.7 Å². The average Bonchev–Trinajstić information content (AvgIpc) is 2.74. The van der Waals surface area contributed by atoms with E-state index >= 15 is 0 Å². The van der Waals surface area contributed by atoms with Crippen LogP contribution in [0.1, 0.15) is 29.8 Å². The number of anilines is 1. The SMILES string of the molecule is CC.CSc1ccc(N2CCN(C(=O)c3cc(S(C)(=O)=O)ccc3C)CC2)cc1. The Labute approximate surface area is 179 Å². The van der Waals surface area contributed by atoms with Gasteiger partial charge in [-0.15, -0.1) is 11.8 Å². The molecule has 0 aromatic heterocycles. The molecule has 7 heteroatoms. The fraction of sp³-hybridized carbons (Fsp3) is 0.409. The predicted octanol–water partition coefficient (Wildman–Crippen LogP) is 4.11. The summed E-state index contributed by atoms with van der Waals surface area (Å²) in [6.07, 6.45) is 3.22. The Bertz CT molecular complexity index is 933. The van der Waals surface area contributed by atoms with Crippen LogP contribution in [0.15, 0.2) is 52.3 Å². The highest BCUT2D eigenvalue weighted by atomic mass is 32.2. The third kappa shape index (κ3) is 5.76. The molecule has 0 saturated carbocycles. The zero-order valence-electron chi connectivity index (χ0n) is 17.8. The van der Waals surface area contributed by atoms with Gasteiger partial charge in [-0.3, -0.25) is 4.79 Å². The molecule has 2 aromatic carbocycles. The van der Waals surface area contributed by atoms with Crippen LogP contribution < -0.4 is 4.90 Å². The van der Waals surface area contributed by atoms with E-state index in [1.807, 2.05) is 20.8 Å². The maximum absolute atomic E-state index is 12.9. The minimum atomic E-state index is -3.34. The molecule has 0 unspecified atom stereocenters. The molecule has 1 aliphatic heterocycles. The number of carbonyl (C=O) groups is 1. The number of aryl methyl sites for hydroxylation is 1. The average molecular weight is 435 g/mol. The van der Waals surface area contributed by atoms with Crippen LogP contribution in [0, 0.1) is 6.92 Å². The number of carbonyl (C=O) groups excluding carboxylic acids is 1. The number of sulfone groups is 1. The van der Waals surface area contributed by atoms with Crippen LogP contribution in [0.3, 0.4) is 0 Å². The fourth-order valence-electron chi connectivity index (χ4n) is 3.19. The van der Waals surface area contributed by atoms with E-state index in [4.69, 9.17) is 0 Å². The highest BCUT2D eigenvalue weighted by molar-refractivity contribution is 7.98. The predicted molar refractivity (Wildman–Crippen MR) is 122 cm³/mol. The highest BCUT2D eigenvalue weighted by Gasteiger charge is 2.24. The van der Waals surface area contributed by atoms with Crippen LogP contribution in [-0.2, 0) is 9.84 Å². The summed E-state index contributed by atoms with van der Waals surface area (Å²) in [5, 5.41) is 0. The number of piperazine rings is 1. The first-order valence-electron chi connectivity index (χ1n) is 9.78. The van der Waals surface area contributed by atoms with Crippen LogP contribution in [0.25, 0.3) is 0 Å². The standard InChI is InChI=1S/C20H24N2O3S2.C2H6/c1-15-4-9-18(27(3,24)25)14-19(15)20(23)22-12-10-21(11-13-22)16-5-7-17(26-2)8-6-16;1-2/h4-9,14H,10-13H2,1-3H3;1-2H3. The first-order valence-corrected chi connectivity index (χ1v) is 12.9. The molecule has 3 rings (SSSR count). The van der Waals surface area contributed by atoms with Gasteiger partial charge in [-0.1, -0.05) is 19.9 Å². The summed E-state index contributed by atoms with van der Waals surface area (Å²) < 4.78 is 23.6. The molecular formula is C22H30N2O3S2. The molecule has 0 radical (unpaired) electrons. The van der Waals surface area contributed by atoms with E-state index < -0.39 is 9.84 Å². The monoisotopic (exact) mass is 434 g/mol. The van der Waals surface area contributed by atoms with Crippen LogP contribution >= 0.6 is 11.8 Å². The highest BCUT2D eigenvalue weighted by Crippen LogP contribution is 2.23. The summed E-state index contributed by atoms with van der Waals surface area (Å²) in [5.74, 6) is -0.101. The fourth-order valence-corrected chi connectivity index (χ4v) is 4.25. The van der Waals surface area contributed by atoms with E-state index in [1.54, 1.807) is 28.8 Å². The number of benzene rings is 2. The summed E-state index contributed by atoms with van der Waals surface area (Å²) >= 11 is 1.72. The molecule has 0 bridgehead atoms. The van der Waals surface area contributed by atoms with Crippen molar-refractivity contribution in [3.05, 3.63) is 53.6 Å². The van der Waals surface area contributed by atoms with Crippen molar-refractivity contribution in [2.45, 2.75) is 30.6 Å². The van der Waals surface area contributed by atoms with Crippen LogP contribution in [-0.4, -0.2) is 57.9 Å². The molecule has 0 N–H and O–H groups in total. The van der Waals surface area contributed by atoms with Gasteiger partial charge in [0.25, 0.3) is 5.91 Å². The van der Waals surface area contributed by atoms with Crippen molar-refractivity contribution < 1.29 is 13.2 Å². The van der Waals surface area contributed by atoms with Gasteiger partial charge < -0.3 is 9.80 Å². The molecule has 1 fully saturated rings. The van der Waals surface area contributed by atoms with Crippen molar-refractivity contribution in [2.24, 2.45) is 0 Å². The summed E-state index contributed by atoms with van der Waals surface area (Å²) in [7, 11) is -3.34. The number of hydrogen-bond acceptors (Lipinski definition) is 5.